The summed E-state index contributed by atoms with van der Waals surface area (Å²) < 4.78 is 11.7. The largest absolute Gasteiger partial charge is 0.370 e. The second kappa shape index (κ2) is 4.21. The van der Waals surface area contributed by atoms with Crippen LogP contribution in [0.5, 0.6) is 0 Å². The predicted octanol–water partition coefficient (Wildman–Crippen LogP) is 2.97. The van der Waals surface area contributed by atoms with Gasteiger partial charge in [0.05, 0.1) is 19.8 Å². The van der Waals surface area contributed by atoms with Crippen LogP contribution in [0.15, 0.2) is 24.3 Å². The lowest BCUT2D eigenvalue weighted by Gasteiger charge is -2.64. The molecule has 2 heterocycles. The fourth-order valence-electron chi connectivity index (χ4n) is 3.82. The van der Waals surface area contributed by atoms with Crippen molar-refractivity contribution in [3.63, 3.8) is 0 Å². The lowest BCUT2D eigenvalue weighted by molar-refractivity contribution is -0.343. The smallest absolute Gasteiger partial charge is 0.187 e. The maximum atomic E-state index is 6.98. The molecule has 1 aromatic carbocycles. The first kappa shape index (κ1) is 12.2. The Hall–Kier alpha value is -1.57. The van der Waals surface area contributed by atoms with Crippen LogP contribution in [0, 0.1) is 12.0 Å². The van der Waals surface area contributed by atoms with Crippen LogP contribution >= 0.6 is 0 Å². The molecule has 104 valence electrons. The molecule has 0 unspecified atom stereocenters. The predicted molar refractivity (Wildman–Crippen MR) is 75.8 cm³/mol. The van der Waals surface area contributed by atoms with Crippen LogP contribution in [0.4, 0.5) is 11.4 Å². The Morgan fingerprint density at radius 2 is 1.70 bits per heavy atom. The van der Waals surface area contributed by atoms with Gasteiger partial charge >= 0.3 is 0 Å². The third kappa shape index (κ3) is 1.81. The maximum Gasteiger partial charge on any atom is 0.187 e. The summed E-state index contributed by atoms with van der Waals surface area (Å²) in [5, 5.41) is 0. The molecular weight excluding hydrogens is 252 g/mol. The fourth-order valence-corrected chi connectivity index (χ4v) is 3.82. The minimum Gasteiger partial charge on any atom is -0.370 e. The lowest BCUT2D eigenvalue weighted by atomic mass is 9.59. The number of anilines is 1. The number of rotatable bonds is 1. The zero-order valence-corrected chi connectivity index (χ0v) is 11.5. The van der Waals surface area contributed by atoms with E-state index in [0.717, 1.165) is 45.6 Å². The highest BCUT2D eigenvalue weighted by Crippen LogP contribution is 2.57. The second-order valence-electron chi connectivity index (χ2n) is 6.30. The lowest BCUT2D eigenvalue weighted by Crippen LogP contribution is -2.70. The van der Waals surface area contributed by atoms with Crippen LogP contribution in [-0.4, -0.2) is 32.1 Å². The molecule has 0 bridgehead atoms. The van der Waals surface area contributed by atoms with Crippen molar-refractivity contribution in [1.82, 2.24) is 0 Å². The van der Waals surface area contributed by atoms with Gasteiger partial charge < -0.3 is 14.4 Å². The van der Waals surface area contributed by atoms with Crippen LogP contribution in [0.25, 0.3) is 4.85 Å². The van der Waals surface area contributed by atoms with E-state index in [-0.39, 0.29) is 5.79 Å². The normalized spacial score (nSPS) is 25.9. The van der Waals surface area contributed by atoms with Crippen LogP contribution < -0.4 is 4.90 Å². The van der Waals surface area contributed by atoms with Crippen LogP contribution in [0.2, 0.25) is 0 Å². The van der Waals surface area contributed by atoms with Crippen molar-refractivity contribution >= 4 is 11.4 Å². The first-order valence-electron chi connectivity index (χ1n) is 7.23. The number of ether oxygens (including phenoxy) is 2. The van der Waals surface area contributed by atoms with E-state index in [4.69, 9.17) is 16.0 Å². The number of benzene rings is 1. The zero-order valence-electron chi connectivity index (χ0n) is 11.5. The van der Waals surface area contributed by atoms with Gasteiger partial charge in [0, 0.05) is 37.0 Å². The molecule has 2 aliphatic heterocycles. The quantitative estimate of drug-likeness (QED) is 0.734. The van der Waals surface area contributed by atoms with Gasteiger partial charge in [-0.05, 0) is 18.6 Å². The van der Waals surface area contributed by atoms with Crippen molar-refractivity contribution in [2.75, 3.05) is 31.2 Å². The van der Waals surface area contributed by atoms with E-state index < -0.39 is 0 Å². The molecule has 0 aromatic heterocycles. The van der Waals surface area contributed by atoms with Crippen molar-refractivity contribution in [2.45, 2.75) is 25.0 Å². The highest BCUT2D eigenvalue weighted by atomic mass is 16.7. The third-order valence-electron chi connectivity index (χ3n) is 4.70. The van der Waals surface area contributed by atoms with E-state index in [2.05, 4.69) is 9.74 Å². The standard InChI is InChI=1S/C16H18N2O2/c1-17-13-3-5-14(6-4-13)18-11-15(12-18)9-16(10-15)19-7-2-8-20-16/h3-6H,2,7-12H2. The van der Waals surface area contributed by atoms with E-state index in [0.29, 0.717) is 11.1 Å². The average Bonchev–Trinajstić information content (AvgIpc) is 2.43. The molecular formula is C16H18N2O2. The maximum absolute atomic E-state index is 6.98. The van der Waals surface area contributed by atoms with Crippen molar-refractivity contribution in [3.8, 4) is 0 Å². The van der Waals surface area contributed by atoms with E-state index in [1.807, 2.05) is 24.3 Å². The summed E-state index contributed by atoms with van der Waals surface area (Å²) >= 11 is 0. The summed E-state index contributed by atoms with van der Waals surface area (Å²) in [6.07, 6.45) is 3.10. The van der Waals surface area contributed by atoms with E-state index >= 15 is 0 Å². The van der Waals surface area contributed by atoms with Gasteiger partial charge in [0.25, 0.3) is 0 Å². The number of hydrogen-bond acceptors (Lipinski definition) is 3. The van der Waals surface area contributed by atoms with Gasteiger partial charge in [-0.25, -0.2) is 4.85 Å². The molecule has 1 aromatic rings. The van der Waals surface area contributed by atoms with E-state index in [1.165, 1.54) is 5.69 Å². The molecule has 0 atom stereocenters. The Kier molecular flexibility index (Phi) is 2.57. The van der Waals surface area contributed by atoms with Crippen LogP contribution in [0.1, 0.15) is 19.3 Å². The molecule has 0 amide bonds. The van der Waals surface area contributed by atoms with Crippen molar-refractivity contribution < 1.29 is 9.47 Å². The van der Waals surface area contributed by atoms with Crippen LogP contribution in [-0.2, 0) is 9.47 Å². The summed E-state index contributed by atoms with van der Waals surface area (Å²) in [6, 6.07) is 7.87. The highest BCUT2D eigenvalue weighted by Gasteiger charge is 2.62. The average molecular weight is 270 g/mol. The Balaban J connectivity index is 1.37. The summed E-state index contributed by atoms with van der Waals surface area (Å²) in [4.78, 5) is 5.80. The molecule has 0 N–H and O–H groups in total. The number of nitrogens with zero attached hydrogens (tertiary/aromatic N) is 2. The monoisotopic (exact) mass is 270 g/mol. The zero-order chi connectivity index (χ0) is 13.6. The summed E-state index contributed by atoms with van der Waals surface area (Å²) in [6.45, 7) is 10.8. The van der Waals surface area contributed by atoms with Crippen LogP contribution in [0.3, 0.4) is 0 Å². The third-order valence-corrected chi connectivity index (χ3v) is 4.70. The van der Waals surface area contributed by atoms with Gasteiger partial charge in [-0.1, -0.05) is 12.1 Å². The van der Waals surface area contributed by atoms with Gasteiger partial charge in [-0.2, -0.15) is 0 Å². The van der Waals surface area contributed by atoms with Crippen molar-refractivity contribution in [2.24, 2.45) is 5.41 Å². The summed E-state index contributed by atoms with van der Waals surface area (Å²) in [7, 11) is 0. The van der Waals surface area contributed by atoms with Crippen molar-refractivity contribution in [1.29, 1.82) is 0 Å². The molecule has 2 saturated heterocycles. The Bertz CT molecular complexity index is 539. The first-order valence-corrected chi connectivity index (χ1v) is 7.23. The molecule has 0 radical (unpaired) electrons. The molecule has 4 nitrogen and oxygen atoms in total. The molecule has 4 heteroatoms. The first-order chi connectivity index (χ1) is 9.73. The molecule has 3 aliphatic rings. The van der Waals surface area contributed by atoms with E-state index in [9.17, 15) is 0 Å². The molecule has 3 fully saturated rings. The molecule has 20 heavy (non-hydrogen) atoms. The molecule has 1 saturated carbocycles. The number of hydrogen-bond donors (Lipinski definition) is 0. The highest BCUT2D eigenvalue weighted by molar-refractivity contribution is 5.57. The second-order valence-corrected chi connectivity index (χ2v) is 6.30. The van der Waals surface area contributed by atoms with Gasteiger partial charge in [0.1, 0.15) is 0 Å². The molecule has 1 aliphatic carbocycles. The van der Waals surface area contributed by atoms with Gasteiger partial charge in [0.15, 0.2) is 11.5 Å². The molecule has 4 rings (SSSR count). The SMILES string of the molecule is [C-]#[N+]c1ccc(N2CC3(C2)CC2(C3)OCCCO2)cc1. The topological polar surface area (TPSA) is 26.1 Å². The van der Waals surface area contributed by atoms with Gasteiger partial charge in [0.2, 0.25) is 0 Å². The Morgan fingerprint density at radius 3 is 2.30 bits per heavy atom. The summed E-state index contributed by atoms with van der Waals surface area (Å²) in [5.74, 6) is -0.252. The Labute approximate surface area is 119 Å². The summed E-state index contributed by atoms with van der Waals surface area (Å²) in [5.41, 5.74) is 2.32. The fraction of sp³-hybridized carbons (Fsp3) is 0.562. The van der Waals surface area contributed by atoms with Crippen molar-refractivity contribution in [3.05, 3.63) is 35.7 Å². The Morgan fingerprint density at radius 1 is 1.05 bits per heavy atom. The minimum atomic E-state index is -0.252. The van der Waals surface area contributed by atoms with E-state index in [1.54, 1.807) is 0 Å². The van der Waals surface area contributed by atoms with Gasteiger partial charge in [-0.15, -0.1) is 0 Å². The minimum absolute atomic E-state index is 0.252. The van der Waals surface area contributed by atoms with Gasteiger partial charge in [-0.3, -0.25) is 0 Å². The molecule has 2 spiro atoms.